The first kappa shape index (κ1) is 23.3. The zero-order valence-corrected chi connectivity index (χ0v) is 13.1. The molecule has 0 atom stereocenters. The van der Waals surface area contributed by atoms with E-state index in [2.05, 4.69) is 8.37 Å². The van der Waals surface area contributed by atoms with Crippen LogP contribution in [0.1, 0.15) is 6.92 Å². The Morgan fingerprint density at radius 3 is 1.21 bits per heavy atom. The molecule has 0 bridgehead atoms. The average Bonchev–Trinajstić information content (AvgIpc) is 2.22. The van der Waals surface area contributed by atoms with Crippen molar-refractivity contribution >= 4 is 20.2 Å². The Bertz CT molecular complexity index is 562. The molecule has 0 aliphatic heterocycles. The predicted molar refractivity (Wildman–Crippen MR) is 61.1 cm³/mol. The summed E-state index contributed by atoms with van der Waals surface area (Å²) in [4.78, 5) is 0. The Kier molecular flexibility index (Phi) is 7.42. The summed E-state index contributed by atoms with van der Waals surface area (Å²) in [6.07, 6.45) is -11.3. The molecule has 0 aliphatic rings. The summed E-state index contributed by atoms with van der Waals surface area (Å²) < 4.78 is 149. The fraction of sp³-hybridized carbons (Fsp3) is 1.00. The van der Waals surface area contributed by atoms with E-state index in [1.165, 1.54) is 0 Å². The van der Waals surface area contributed by atoms with Gasteiger partial charge in [0.2, 0.25) is 0 Å². The van der Waals surface area contributed by atoms with E-state index in [0.29, 0.717) is 6.92 Å². The van der Waals surface area contributed by atoms with E-state index in [-0.39, 0.29) is 0 Å². The summed E-state index contributed by atoms with van der Waals surface area (Å²) in [5.41, 5.74) is 0. The summed E-state index contributed by atoms with van der Waals surface area (Å²) in [5, 5.41) is 0. The van der Waals surface area contributed by atoms with Crippen molar-refractivity contribution in [3.8, 4) is 0 Å². The molecule has 0 radical (unpaired) electrons. The maximum absolute atomic E-state index is 12.6. The van der Waals surface area contributed by atoms with Crippen molar-refractivity contribution in [2.24, 2.45) is 0 Å². The molecule has 0 fully saturated rings. The lowest BCUT2D eigenvalue weighted by atomic mass is 10.4. The minimum Gasteiger partial charge on any atom is -0.237 e. The summed E-state index contributed by atoms with van der Waals surface area (Å²) in [6.45, 7) is 0.413. The first-order valence-electron chi connectivity index (χ1n) is 5.54. The van der Waals surface area contributed by atoms with Crippen molar-refractivity contribution in [2.45, 2.75) is 37.9 Å². The Morgan fingerprint density at radius 2 is 1.00 bits per heavy atom. The van der Waals surface area contributed by atoms with E-state index >= 15 is 0 Å². The molecular weight excluding hydrogens is 408 g/mol. The van der Waals surface area contributed by atoms with Crippen LogP contribution in [0, 0.1) is 0 Å². The highest BCUT2D eigenvalue weighted by molar-refractivity contribution is 7.87. The number of alkyl halides is 8. The van der Waals surface area contributed by atoms with E-state index in [9.17, 15) is 52.0 Å². The molecule has 0 saturated heterocycles. The molecule has 0 saturated carbocycles. The van der Waals surface area contributed by atoms with Crippen LogP contribution in [0.25, 0.3) is 0 Å². The summed E-state index contributed by atoms with van der Waals surface area (Å²) >= 11 is 0. The van der Waals surface area contributed by atoms with Gasteiger partial charge in [-0.25, -0.2) is 25.9 Å². The van der Waals surface area contributed by atoms with E-state index in [4.69, 9.17) is 0 Å². The van der Waals surface area contributed by atoms with Crippen LogP contribution in [0.15, 0.2) is 0 Å². The molecule has 16 heteroatoms. The number of halogens is 8. The average molecular weight is 418 g/mol. The molecular formula is C8H10F8O6S2. The van der Waals surface area contributed by atoms with Crippen molar-refractivity contribution in [3.63, 3.8) is 0 Å². The topological polar surface area (TPSA) is 86.7 Å². The molecule has 6 nitrogen and oxygen atoms in total. The molecule has 0 rings (SSSR count). The highest BCUT2D eigenvalue weighted by Gasteiger charge is 2.48. The van der Waals surface area contributed by atoms with Crippen LogP contribution in [-0.4, -0.2) is 59.3 Å². The van der Waals surface area contributed by atoms with Gasteiger partial charge in [-0.1, -0.05) is 0 Å². The van der Waals surface area contributed by atoms with Gasteiger partial charge in [-0.3, -0.25) is 0 Å². The van der Waals surface area contributed by atoms with Crippen LogP contribution in [0.4, 0.5) is 35.1 Å². The third kappa shape index (κ3) is 7.89. The lowest BCUT2D eigenvalue weighted by Gasteiger charge is -2.19. The van der Waals surface area contributed by atoms with Gasteiger partial charge < -0.3 is 0 Å². The Balaban J connectivity index is 4.93. The number of hydrogen-bond donors (Lipinski definition) is 0. The SMILES string of the molecule is CC(OS(=O)(=O)CC(F)(F)C(F)F)OS(=O)(=O)CC(F)(F)C(F)F. The smallest absolute Gasteiger partial charge is 0.237 e. The molecule has 0 unspecified atom stereocenters. The van der Waals surface area contributed by atoms with Gasteiger partial charge in [0, 0.05) is 0 Å². The van der Waals surface area contributed by atoms with Crippen molar-refractivity contribution in [2.75, 3.05) is 11.5 Å². The third-order valence-corrected chi connectivity index (χ3v) is 4.55. The monoisotopic (exact) mass is 418 g/mol. The van der Waals surface area contributed by atoms with Gasteiger partial charge in [0.1, 0.15) is 11.5 Å². The van der Waals surface area contributed by atoms with Crippen LogP contribution in [0.3, 0.4) is 0 Å². The third-order valence-electron chi connectivity index (χ3n) is 1.94. The second-order valence-electron chi connectivity index (χ2n) is 4.29. The Hall–Kier alpha value is -0.740. The van der Waals surface area contributed by atoms with Crippen LogP contribution >= 0.6 is 0 Å². The second-order valence-corrected chi connectivity index (χ2v) is 7.48. The van der Waals surface area contributed by atoms with Gasteiger partial charge in [0.25, 0.3) is 20.2 Å². The van der Waals surface area contributed by atoms with Crippen LogP contribution in [0.5, 0.6) is 0 Å². The molecule has 0 aromatic carbocycles. The maximum atomic E-state index is 12.6. The lowest BCUT2D eigenvalue weighted by Crippen LogP contribution is -2.39. The Morgan fingerprint density at radius 1 is 0.750 bits per heavy atom. The predicted octanol–water partition coefficient (Wildman–Crippen LogP) is 1.83. The molecule has 0 aromatic heterocycles. The van der Waals surface area contributed by atoms with E-state index in [1.807, 2.05) is 0 Å². The van der Waals surface area contributed by atoms with Crippen LogP contribution < -0.4 is 0 Å². The largest absolute Gasteiger partial charge is 0.323 e. The highest BCUT2D eigenvalue weighted by atomic mass is 32.2. The fourth-order valence-corrected chi connectivity index (χ4v) is 3.38. The molecule has 146 valence electrons. The Labute approximate surface area is 131 Å². The molecule has 0 spiro atoms. The summed E-state index contributed by atoms with van der Waals surface area (Å²) in [6, 6.07) is 0. The normalized spacial score (nSPS) is 14.8. The molecule has 0 amide bonds. The van der Waals surface area contributed by atoms with Gasteiger partial charge in [0.15, 0.2) is 6.29 Å². The second kappa shape index (κ2) is 7.65. The quantitative estimate of drug-likeness (QED) is 0.306. The number of hydrogen-bond acceptors (Lipinski definition) is 6. The molecule has 0 aliphatic carbocycles. The first-order chi connectivity index (χ1) is 10.4. The maximum Gasteiger partial charge on any atom is 0.323 e. The highest BCUT2D eigenvalue weighted by Crippen LogP contribution is 2.27. The van der Waals surface area contributed by atoms with Crippen LogP contribution in [0.2, 0.25) is 0 Å². The summed E-state index contributed by atoms with van der Waals surface area (Å²) in [7, 11) is -10.9. The van der Waals surface area contributed by atoms with E-state index in [1.54, 1.807) is 0 Å². The van der Waals surface area contributed by atoms with Crippen molar-refractivity contribution in [1.82, 2.24) is 0 Å². The minimum absolute atomic E-state index is 0.413. The van der Waals surface area contributed by atoms with Crippen molar-refractivity contribution in [3.05, 3.63) is 0 Å². The minimum atomic E-state index is -5.47. The van der Waals surface area contributed by atoms with Gasteiger partial charge >= 0.3 is 24.7 Å². The van der Waals surface area contributed by atoms with Gasteiger partial charge in [-0.2, -0.15) is 34.4 Å². The van der Waals surface area contributed by atoms with Crippen molar-refractivity contribution < 1.29 is 60.3 Å². The summed E-state index contributed by atoms with van der Waals surface area (Å²) in [5.74, 6) is -15.2. The molecule has 0 aromatic rings. The lowest BCUT2D eigenvalue weighted by molar-refractivity contribution is -0.114. The van der Waals surface area contributed by atoms with E-state index in [0.717, 1.165) is 0 Å². The molecule has 0 heterocycles. The standard InChI is InChI=1S/C8H10F8O6S2/c1-4(21-23(17,18)2-7(13,14)5(9)10)22-24(19,20)3-8(15,16)6(11)12/h4-6H,2-3H2,1H3. The molecule has 24 heavy (non-hydrogen) atoms. The zero-order valence-electron chi connectivity index (χ0n) is 11.4. The van der Waals surface area contributed by atoms with Gasteiger partial charge in [-0.15, -0.1) is 0 Å². The van der Waals surface area contributed by atoms with Crippen LogP contribution in [-0.2, 0) is 28.6 Å². The fourth-order valence-electron chi connectivity index (χ4n) is 1.09. The zero-order chi connectivity index (χ0) is 19.6. The van der Waals surface area contributed by atoms with E-state index < -0.39 is 62.7 Å². The van der Waals surface area contributed by atoms with Crippen molar-refractivity contribution in [1.29, 1.82) is 0 Å². The van der Waals surface area contributed by atoms with Gasteiger partial charge in [0.05, 0.1) is 0 Å². The molecule has 0 N–H and O–H groups in total. The first-order valence-corrected chi connectivity index (χ1v) is 8.69. The van der Waals surface area contributed by atoms with Gasteiger partial charge in [-0.05, 0) is 6.92 Å². The number of rotatable bonds is 10.